The van der Waals surface area contributed by atoms with Crippen LogP contribution in [0.1, 0.15) is 18.9 Å². The van der Waals surface area contributed by atoms with Crippen molar-refractivity contribution < 1.29 is 9.53 Å². The minimum atomic E-state index is -0.316. The molecule has 0 saturated carbocycles. The van der Waals surface area contributed by atoms with Crippen LogP contribution in [-0.2, 0) is 9.53 Å². The van der Waals surface area contributed by atoms with Crippen molar-refractivity contribution in [3.63, 3.8) is 0 Å². The molecule has 2 nitrogen and oxygen atoms in total. The average molecular weight is 302 g/mol. The van der Waals surface area contributed by atoms with Crippen LogP contribution in [0.15, 0.2) is 22.7 Å². The maximum absolute atomic E-state index is 11.0. The lowest BCUT2D eigenvalue weighted by Gasteiger charge is -1.96. The van der Waals surface area contributed by atoms with Gasteiger partial charge in [-0.1, -0.05) is 39.4 Å². The van der Waals surface area contributed by atoms with Gasteiger partial charge in [-0.2, -0.15) is 0 Å². The maximum Gasteiger partial charge on any atom is 0.317 e. The molecule has 0 atom stereocenters. The highest BCUT2D eigenvalue weighted by Crippen LogP contribution is 2.20. The summed E-state index contributed by atoms with van der Waals surface area (Å²) in [5.74, 6) is 5.23. The number of carbonyl (C=O) groups is 1. The number of rotatable bonds is 2. The van der Waals surface area contributed by atoms with E-state index in [2.05, 4.69) is 27.8 Å². The Hall–Kier alpha value is -0.980. The molecular weight excluding hydrogens is 291 g/mol. The molecule has 0 aliphatic carbocycles. The Morgan fingerprint density at radius 2 is 2.31 bits per heavy atom. The molecule has 0 fully saturated rings. The first-order valence-electron chi connectivity index (χ1n) is 4.73. The molecule has 0 aromatic heterocycles. The minimum Gasteiger partial charge on any atom is -0.465 e. The number of halogens is 2. The lowest BCUT2D eigenvalue weighted by molar-refractivity contribution is -0.141. The first kappa shape index (κ1) is 13.1. The third-order valence-corrected chi connectivity index (χ3v) is 2.50. The summed E-state index contributed by atoms with van der Waals surface area (Å²) in [6.07, 6.45) is 0.0836. The van der Waals surface area contributed by atoms with E-state index in [1.807, 2.05) is 6.07 Å². The average Bonchev–Trinajstić information content (AvgIpc) is 2.22. The van der Waals surface area contributed by atoms with Crippen molar-refractivity contribution in [3.05, 3.63) is 33.3 Å². The summed E-state index contributed by atoms with van der Waals surface area (Å²) in [5, 5.41) is 0.561. The van der Waals surface area contributed by atoms with Gasteiger partial charge in [0.1, 0.15) is 6.42 Å². The zero-order valence-corrected chi connectivity index (χ0v) is 11.1. The topological polar surface area (TPSA) is 26.3 Å². The van der Waals surface area contributed by atoms with E-state index in [0.29, 0.717) is 17.2 Å². The van der Waals surface area contributed by atoms with Crippen LogP contribution < -0.4 is 0 Å². The van der Waals surface area contributed by atoms with Crippen LogP contribution in [0.5, 0.6) is 0 Å². The number of hydrogen-bond acceptors (Lipinski definition) is 2. The number of esters is 1. The second kappa shape index (κ2) is 6.57. The van der Waals surface area contributed by atoms with E-state index >= 15 is 0 Å². The third kappa shape index (κ3) is 4.26. The van der Waals surface area contributed by atoms with Gasteiger partial charge in [0.2, 0.25) is 0 Å². The molecule has 0 heterocycles. The van der Waals surface area contributed by atoms with Crippen molar-refractivity contribution in [2.75, 3.05) is 6.61 Å². The fraction of sp³-hybridized carbons (Fsp3) is 0.250. The molecule has 0 aliphatic heterocycles. The number of benzene rings is 1. The van der Waals surface area contributed by atoms with Gasteiger partial charge in [0.05, 0.1) is 11.6 Å². The van der Waals surface area contributed by atoms with Crippen molar-refractivity contribution in [3.8, 4) is 11.8 Å². The smallest absolute Gasteiger partial charge is 0.317 e. The van der Waals surface area contributed by atoms with Crippen LogP contribution in [-0.4, -0.2) is 12.6 Å². The normalized spacial score (nSPS) is 9.19. The molecule has 0 spiro atoms. The number of carbonyl (C=O) groups excluding carboxylic acids is 1. The molecule has 0 unspecified atom stereocenters. The van der Waals surface area contributed by atoms with Crippen LogP contribution >= 0.6 is 27.5 Å². The fourth-order valence-electron chi connectivity index (χ4n) is 1.01. The monoisotopic (exact) mass is 300 g/mol. The highest BCUT2D eigenvalue weighted by molar-refractivity contribution is 9.10. The molecule has 0 aliphatic rings. The van der Waals surface area contributed by atoms with Crippen LogP contribution in [0.3, 0.4) is 0 Å². The van der Waals surface area contributed by atoms with Gasteiger partial charge in [0, 0.05) is 10.0 Å². The molecule has 0 N–H and O–H groups in total. The molecule has 0 radical (unpaired) electrons. The van der Waals surface area contributed by atoms with Crippen molar-refractivity contribution >= 4 is 33.5 Å². The highest BCUT2D eigenvalue weighted by atomic mass is 79.9. The summed E-state index contributed by atoms with van der Waals surface area (Å²) >= 11 is 9.26. The van der Waals surface area contributed by atoms with Crippen molar-refractivity contribution in [1.29, 1.82) is 0 Å². The Morgan fingerprint density at radius 1 is 1.56 bits per heavy atom. The zero-order valence-electron chi connectivity index (χ0n) is 8.72. The van der Waals surface area contributed by atoms with E-state index in [9.17, 15) is 4.79 Å². The molecule has 0 saturated heterocycles. The van der Waals surface area contributed by atoms with Gasteiger partial charge in [-0.25, -0.2) is 0 Å². The molecule has 0 bridgehead atoms. The van der Waals surface area contributed by atoms with Crippen LogP contribution in [0.2, 0.25) is 5.02 Å². The number of ether oxygens (including phenoxy) is 1. The summed E-state index contributed by atoms with van der Waals surface area (Å²) < 4.78 is 5.64. The summed E-state index contributed by atoms with van der Waals surface area (Å²) in [4.78, 5) is 11.0. The van der Waals surface area contributed by atoms with E-state index < -0.39 is 0 Å². The Bertz CT molecular complexity index is 446. The molecule has 4 heteroatoms. The Labute approximate surface area is 108 Å². The first-order valence-corrected chi connectivity index (χ1v) is 5.90. The Balaban J connectivity index is 2.66. The maximum atomic E-state index is 11.0. The molecule has 1 aromatic carbocycles. The largest absolute Gasteiger partial charge is 0.465 e. The third-order valence-electron chi connectivity index (χ3n) is 1.69. The van der Waals surface area contributed by atoms with E-state index in [4.69, 9.17) is 16.3 Å². The quantitative estimate of drug-likeness (QED) is 0.618. The molecule has 0 amide bonds. The van der Waals surface area contributed by atoms with E-state index in [1.54, 1.807) is 19.1 Å². The predicted molar refractivity (Wildman–Crippen MR) is 67.3 cm³/mol. The molecule has 1 rings (SSSR count). The van der Waals surface area contributed by atoms with Crippen molar-refractivity contribution in [1.82, 2.24) is 0 Å². The van der Waals surface area contributed by atoms with Gasteiger partial charge in [-0.15, -0.1) is 0 Å². The van der Waals surface area contributed by atoms with Crippen LogP contribution in [0.25, 0.3) is 0 Å². The van der Waals surface area contributed by atoms with Gasteiger partial charge in [-0.05, 0) is 25.1 Å². The fourth-order valence-corrected chi connectivity index (χ4v) is 1.74. The lowest BCUT2D eigenvalue weighted by Crippen LogP contribution is -2.01. The molecule has 84 valence electrons. The summed E-state index contributed by atoms with van der Waals surface area (Å²) in [6, 6.07) is 5.40. The lowest BCUT2D eigenvalue weighted by atomic mass is 10.2. The van der Waals surface area contributed by atoms with E-state index in [-0.39, 0.29) is 12.4 Å². The highest BCUT2D eigenvalue weighted by Gasteiger charge is 1.99. The second-order valence-electron chi connectivity index (χ2n) is 2.91. The molecule has 1 aromatic rings. The van der Waals surface area contributed by atoms with Crippen LogP contribution in [0.4, 0.5) is 0 Å². The second-order valence-corrected chi connectivity index (χ2v) is 4.23. The summed E-state index contributed by atoms with van der Waals surface area (Å²) in [7, 11) is 0. The van der Waals surface area contributed by atoms with Crippen molar-refractivity contribution in [2.45, 2.75) is 13.3 Å². The zero-order chi connectivity index (χ0) is 12.0. The predicted octanol–water partition coefficient (Wildman–Crippen LogP) is 3.41. The van der Waals surface area contributed by atoms with Gasteiger partial charge < -0.3 is 4.74 Å². The molecule has 16 heavy (non-hydrogen) atoms. The number of hydrogen-bond donors (Lipinski definition) is 0. The summed E-state index contributed by atoms with van der Waals surface area (Å²) in [6.45, 7) is 2.14. The minimum absolute atomic E-state index is 0.0836. The molecular formula is C12H10BrClO2. The van der Waals surface area contributed by atoms with Gasteiger partial charge >= 0.3 is 5.97 Å². The standard InChI is InChI=1S/C12H10BrClO2/c1-2-16-12(15)5-3-4-9-6-7-10(13)8-11(9)14/h6-8H,2,5H2,1H3. The van der Waals surface area contributed by atoms with Gasteiger partial charge in [0.15, 0.2) is 0 Å². The van der Waals surface area contributed by atoms with E-state index in [0.717, 1.165) is 4.47 Å². The van der Waals surface area contributed by atoms with Gasteiger partial charge in [-0.3, -0.25) is 4.79 Å². The Morgan fingerprint density at radius 3 is 2.94 bits per heavy atom. The van der Waals surface area contributed by atoms with E-state index in [1.165, 1.54) is 0 Å². The summed E-state index contributed by atoms with van der Waals surface area (Å²) in [5.41, 5.74) is 0.703. The SMILES string of the molecule is CCOC(=O)CC#Cc1ccc(Br)cc1Cl. The first-order chi connectivity index (χ1) is 7.63. The van der Waals surface area contributed by atoms with Crippen LogP contribution in [0, 0.1) is 11.8 Å². The van der Waals surface area contributed by atoms with Crippen molar-refractivity contribution in [2.24, 2.45) is 0 Å². The van der Waals surface area contributed by atoms with Gasteiger partial charge in [0.25, 0.3) is 0 Å². The Kier molecular flexibility index (Phi) is 5.37.